The largest absolute Gasteiger partial charge is 0.460 e. The highest BCUT2D eigenvalue weighted by Crippen LogP contribution is 2.07. The molecule has 0 aliphatic carbocycles. The lowest BCUT2D eigenvalue weighted by Gasteiger charge is -2.19. The Kier molecular flexibility index (Phi) is 5.20. The van der Waals surface area contributed by atoms with Crippen LogP contribution in [-0.4, -0.2) is 24.0 Å². The molecule has 0 aromatic heterocycles. The van der Waals surface area contributed by atoms with Gasteiger partial charge < -0.3 is 10.1 Å². The second-order valence-corrected chi connectivity index (χ2v) is 3.94. The summed E-state index contributed by atoms with van der Waals surface area (Å²) in [7, 11) is 0. The van der Waals surface area contributed by atoms with Crippen LogP contribution in [0.3, 0.4) is 0 Å². The summed E-state index contributed by atoms with van der Waals surface area (Å²) in [6.45, 7) is 9.14. The molecule has 1 amide bonds. The average Bonchev–Trinajstić information content (AvgIpc) is 2.00. The van der Waals surface area contributed by atoms with Crippen molar-refractivity contribution in [3.05, 3.63) is 6.92 Å². The van der Waals surface area contributed by atoms with Crippen LogP contribution in [0.5, 0.6) is 0 Å². The molecular formula is C10H18NO3. The Hall–Kier alpha value is -1.06. The number of rotatable bonds is 4. The van der Waals surface area contributed by atoms with E-state index in [0.717, 1.165) is 0 Å². The maximum Gasteiger partial charge on any atom is 0.308 e. The molecule has 0 spiro atoms. The third-order valence-electron chi connectivity index (χ3n) is 1.30. The first kappa shape index (κ1) is 12.9. The van der Waals surface area contributed by atoms with Gasteiger partial charge in [-0.1, -0.05) is 0 Å². The molecule has 0 aliphatic rings. The van der Waals surface area contributed by atoms with Gasteiger partial charge >= 0.3 is 5.97 Å². The normalized spacial score (nSPS) is 10.9. The smallest absolute Gasteiger partial charge is 0.308 e. The molecule has 1 N–H and O–H groups in total. The minimum atomic E-state index is -0.465. The molecule has 81 valence electrons. The fourth-order valence-electron chi connectivity index (χ4n) is 0.785. The molecule has 14 heavy (non-hydrogen) atoms. The predicted molar refractivity (Wildman–Crippen MR) is 53.4 cm³/mol. The van der Waals surface area contributed by atoms with Crippen LogP contribution in [0.2, 0.25) is 0 Å². The van der Waals surface area contributed by atoms with E-state index in [1.54, 1.807) is 20.8 Å². The zero-order valence-corrected chi connectivity index (χ0v) is 9.05. The molecule has 0 aliphatic heterocycles. The molecule has 1 radical (unpaired) electrons. The molecule has 0 unspecified atom stereocenters. The van der Waals surface area contributed by atoms with Crippen molar-refractivity contribution < 1.29 is 14.3 Å². The Balaban J connectivity index is 3.60. The van der Waals surface area contributed by atoms with Crippen molar-refractivity contribution in [3.8, 4) is 0 Å². The van der Waals surface area contributed by atoms with Gasteiger partial charge in [0, 0.05) is 13.0 Å². The van der Waals surface area contributed by atoms with Crippen LogP contribution < -0.4 is 5.32 Å². The van der Waals surface area contributed by atoms with Crippen LogP contribution in [0.1, 0.15) is 33.6 Å². The Morgan fingerprint density at radius 1 is 1.36 bits per heavy atom. The topological polar surface area (TPSA) is 55.4 Å². The SMILES string of the molecule is [CH2]CC(=O)NCCC(=O)OC(C)(C)C. The molecule has 4 heteroatoms. The molecule has 0 atom stereocenters. The molecule has 0 saturated heterocycles. The fraction of sp³-hybridized carbons (Fsp3) is 0.700. The Morgan fingerprint density at radius 2 is 1.93 bits per heavy atom. The van der Waals surface area contributed by atoms with E-state index in [1.165, 1.54) is 0 Å². The van der Waals surface area contributed by atoms with Gasteiger partial charge in [0.05, 0.1) is 6.42 Å². The van der Waals surface area contributed by atoms with Crippen molar-refractivity contribution in [2.75, 3.05) is 6.54 Å². The van der Waals surface area contributed by atoms with Crippen LogP contribution >= 0.6 is 0 Å². The van der Waals surface area contributed by atoms with Gasteiger partial charge in [0.2, 0.25) is 5.91 Å². The number of carbonyl (C=O) groups excluding carboxylic acids is 2. The van der Waals surface area contributed by atoms with E-state index in [0.29, 0.717) is 6.54 Å². The van der Waals surface area contributed by atoms with Gasteiger partial charge in [-0.3, -0.25) is 9.59 Å². The third-order valence-corrected chi connectivity index (χ3v) is 1.30. The number of hydrogen-bond donors (Lipinski definition) is 1. The van der Waals surface area contributed by atoms with Crippen LogP contribution in [0.4, 0.5) is 0 Å². The van der Waals surface area contributed by atoms with E-state index < -0.39 is 5.60 Å². The molecular weight excluding hydrogens is 182 g/mol. The van der Waals surface area contributed by atoms with Crippen LogP contribution in [0.15, 0.2) is 0 Å². The van der Waals surface area contributed by atoms with Crippen molar-refractivity contribution >= 4 is 11.9 Å². The van der Waals surface area contributed by atoms with E-state index in [9.17, 15) is 9.59 Å². The lowest BCUT2D eigenvalue weighted by atomic mass is 10.2. The molecule has 0 fully saturated rings. The highest BCUT2D eigenvalue weighted by Gasteiger charge is 2.15. The van der Waals surface area contributed by atoms with Crippen LogP contribution in [0, 0.1) is 6.92 Å². The summed E-state index contributed by atoms with van der Waals surface area (Å²) in [4.78, 5) is 21.9. The summed E-state index contributed by atoms with van der Waals surface area (Å²) in [5.74, 6) is -0.463. The predicted octanol–water partition coefficient (Wildman–Crippen LogP) is 1.06. The van der Waals surface area contributed by atoms with Gasteiger partial charge in [-0.05, 0) is 27.7 Å². The van der Waals surface area contributed by atoms with Gasteiger partial charge in [0.15, 0.2) is 0 Å². The highest BCUT2D eigenvalue weighted by atomic mass is 16.6. The Labute approximate surface area is 85.0 Å². The van der Waals surface area contributed by atoms with Crippen LogP contribution in [-0.2, 0) is 14.3 Å². The van der Waals surface area contributed by atoms with Crippen molar-refractivity contribution in [3.63, 3.8) is 0 Å². The Bertz CT molecular complexity index is 206. The molecule has 0 aromatic rings. The summed E-state index contributed by atoms with van der Waals surface area (Å²) < 4.78 is 5.05. The lowest BCUT2D eigenvalue weighted by Crippen LogP contribution is -2.29. The van der Waals surface area contributed by atoms with Crippen LogP contribution in [0.25, 0.3) is 0 Å². The van der Waals surface area contributed by atoms with Gasteiger partial charge in [0.25, 0.3) is 0 Å². The summed E-state index contributed by atoms with van der Waals surface area (Å²) in [5.41, 5.74) is -0.465. The first-order valence-corrected chi connectivity index (χ1v) is 4.63. The monoisotopic (exact) mass is 200 g/mol. The van der Waals surface area contributed by atoms with Crippen molar-refractivity contribution in [1.29, 1.82) is 0 Å². The third kappa shape index (κ3) is 7.58. The number of hydrogen-bond acceptors (Lipinski definition) is 3. The fourth-order valence-corrected chi connectivity index (χ4v) is 0.785. The second-order valence-electron chi connectivity index (χ2n) is 3.94. The zero-order chi connectivity index (χ0) is 11.2. The summed E-state index contributed by atoms with van der Waals surface area (Å²) in [6.07, 6.45) is 0.386. The highest BCUT2D eigenvalue weighted by molar-refractivity contribution is 5.77. The van der Waals surface area contributed by atoms with Gasteiger partial charge in [-0.15, -0.1) is 0 Å². The van der Waals surface area contributed by atoms with E-state index >= 15 is 0 Å². The molecule has 0 heterocycles. The van der Waals surface area contributed by atoms with Gasteiger partial charge in [-0.25, -0.2) is 0 Å². The minimum absolute atomic E-state index is 0.159. The Morgan fingerprint density at radius 3 is 2.36 bits per heavy atom. The molecule has 0 saturated carbocycles. The summed E-state index contributed by atoms with van der Waals surface area (Å²) in [6, 6.07) is 0. The van der Waals surface area contributed by atoms with Crippen molar-refractivity contribution in [1.82, 2.24) is 5.32 Å². The molecule has 0 aromatic carbocycles. The average molecular weight is 200 g/mol. The minimum Gasteiger partial charge on any atom is -0.460 e. The number of amides is 1. The van der Waals surface area contributed by atoms with Gasteiger partial charge in [0.1, 0.15) is 5.60 Å². The van der Waals surface area contributed by atoms with Crippen molar-refractivity contribution in [2.45, 2.75) is 39.2 Å². The van der Waals surface area contributed by atoms with E-state index in [-0.39, 0.29) is 24.7 Å². The molecule has 0 rings (SSSR count). The number of ether oxygens (including phenoxy) is 1. The van der Waals surface area contributed by atoms with Crippen molar-refractivity contribution in [2.24, 2.45) is 0 Å². The second kappa shape index (κ2) is 5.62. The van der Waals surface area contributed by atoms with E-state index in [1.807, 2.05) is 0 Å². The quantitative estimate of drug-likeness (QED) is 0.690. The molecule has 4 nitrogen and oxygen atoms in total. The number of carbonyl (C=O) groups is 2. The first-order valence-electron chi connectivity index (χ1n) is 4.63. The first-order chi connectivity index (χ1) is 6.35. The van der Waals surface area contributed by atoms with E-state index in [2.05, 4.69) is 12.2 Å². The standard InChI is InChI=1S/C10H18NO3/c1-5-8(12)11-7-6-9(13)14-10(2,3)4/h1,5-7H2,2-4H3,(H,11,12). The number of esters is 1. The molecule has 0 bridgehead atoms. The zero-order valence-electron chi connectivity index (χ0n) is 9.05. The summed E-state index contributed by atoms with van der Waals surface area (Å²) >= 11 is 0. The van der Waals surface area contributed by atoms with E-state index in [4.69, 9.17) is 4.74 Å². The lowest BCUT2D eigenvalue weighted by molar-refractivity contribution is -0.154. The maximum atomic E-state index is 11.1. The summed E-state index contributed by atoms with van der Waals surface area (Å²) in [5, 5.41) is 2.55. The number of nitrogens with one attached hydrogen (secondary N) is 1. The maximum absolute atomic E-state index is 11.1. The van der Waals surface area contributed by atoms with Gasteiger partial charge in [-0.2, -0.15) is 0 Å².